The lowest BCUT2D eigenvalue weighted by atomic mass is 10.1. The van der Waals surface area contributed by atoms with Crippen LogP contribution in [0.3, 0.4) is 0 Å². The molecule has 4 nitrogen and oxygen atoms in total. The molecule has 7 heteroatoms. The smallest absolute Gasteiger partial charge is 0.267 e. The number of nitrogens with zero attached hydrogens (tertiary/aromatic N) is 1. The number of nitrogens with one attached hydrogen (secondary N) is 1. The van der Waals surface area contributed by atoms with Crippen molar-refractivity contribution in [2.45, 2.75) is 0 Å². The fourth-order valence-electron chi connectivity index (χ4n) is 3.82. The largest absolute Gasteiger partial charge is 0.436 e. The van der Waals surface area contributed by atoms with Gasteiger partial charge in [0.25, 0.3) is 5.91 Å². The topological polar surface area (TPSA) is 55.1 Å². The monoisotopic (exact) mass is 488 g/mol. The molecule has 6 aromatic rings. The zero-order valence-corrected chi connectivity index (χ0v) is 19.3. The predicted molar refractivity (Wildman–Crippen MR) is 137 cm³/mol. The Bertz CT molecular complexity index is 1700. The van der Waals surface area contributed by atoms with Gasteiger partial charge < -0.3 is 9.73 Å². The van der Waals surface area contributed by atoms with E-state index in [1.165, 1.54) is 11.3 Å². The van der Waals surface area contributed by atoms with E-state index in [1.807, 2.05) is 30.3 Å². The number of carbonyl (C=O) groups excluding carboxylic acids is 1. The van der Waals surface area contributed by atoms with E-state index in [-0.39, 0.29) is 5.91 Å². The number of hydrogen-bond acceptors (Lipinski definition) is 4. The van der Waals surface area contributed by atoms with Gasteiger partial charge in [-0.05, 0) is 53.2 Å². The summed E-state index contributed by atoms with van der Waals surface area (Å²) < 4.78 is 6.83. The van der Waals surface area contributed by atoms with E-state index in [0.717, 1.165) is 26.4 Å². The Hall–Kier alpha value is -3.38. The van der Waals surface area contributed by atoms with Crippen LogP contribution in [0, 0.1) is 0 Å². The van der Waals surface area contributed by atoms with Crippen molar-refractivity contribution in [3.63, 3.8) is 0 Å². The summed E-state index contributed by atoms with van der Waals surface area (Å²) in [6, 6.07) is 25.0. The first kappa shape index (κ1) is 20.2. The predicted octanol–water partition coefficient (Wildman–Crippen LogP) is 8.42. The molecule has 4 aromatic carbocycles. The fourth-order valence-corrected chi connectivity index (χ4v) is 5.51. The fraction of sp³-hybridized carbons (Fsp3) is 0. The molecule has 0 fully saturated rings. The average molecular weight is 489 g/mol. The summed E-state index contributed by atoms with van der Waals surface area (Å²) in [5, 5.41) is 7.02. The molecular weight excluding hydrogens is 475 g/mol. The van der Waals surface area contributed by atoms with Crippen molar-refractivity contribution in [1.29, 1.82) is 0 Å². The van der Waals surface area contributed by atoms with Crippen LogP contribution in [0.15, 0.2) is 83.3 Å². The lowest BCUT2D eigenvalue weighted by molar-refractivity contribution is 0.103. The van der Waals surface area contributed by atoms with Crippen molar-refractivity contribution in [3.8, 4) is 11.5 Å². The van der Waals surface area contributed by atoms with Gasteiger partial charge in [-0.15, -0.1) is 11.3 Å². The van der Waals surface area contributed by atoms with Gasteiger partial charge in [0.05, 0.1) is 5.02 Å². The van der Waals surface area contributed by atoms with Crippen LogP contribution in [0.2, 0.25) is 10.0 Å². The molecule has 160 valence electrons. The van der Waals surface area contributed by atoms with E-state index < -0.39 is 0 Å². The summed E-state index contributed by atoms with van der Waals surface area (Å²) >= 11 is 13.8. The molecule has 0 aliphatic carbocycles. The minimum absolute atomic E-state index is 0.282. The van der Waals surface area contributed by atoms with Gasteiger partial charge in [0, 0.05) is 26.4 Å². The first-order chi connectivity index (χ1) is 16.0. The lowest BCUT2D eigenvalue weighted by Gasteiger charge is -2.03. The summed E-state index contributed by atoms with van der Waals surface area (Å²) in [6.45, 7) is 0. The Balaban J connectivity index is 1.31. The minimum atomic E-state index is -0.282. The van der Waals surface area contributed by atoms with Gasteiger partial charge in [-0.25, -0.2) is 4.98 Å². The summed E-state index contributed by atoms with van der Waals surface area (Å²) in [6.07, 6.45) is 0. The van der Waals surface area contributed by atoms with Crippen molar-refractivity contribution >= 4 is 78.1 Å². The van der Waals surface area contributed by atoms with Gasteiger partial charge in [0.1, 0.15) is 10.4 Å². The van der Waals surface area contributed by atoms with Gasteiger partial charge in [0.2, 0.25) is 5.89 Å². The molecule has 6 rings (SSSR count). The van der Waals surface area contributed by atoms with E-state index in [0.29, 0.717) is 37.6 Å². The molecule has 33 heavy (non-hydrogen) atoms. The van der Waals surface area contributed by atoms with Crippen molar-refractivity contribution in [1.82, 2.24) is 4.98 Å². The van der Waals surface area contributed by atoms with Gasteiger partial charge in [-0.2, -0.15) is 0 Å². The summed E-state index contributed by atoms with van der Waals surface area (Å²) in [4.78, 5) is 18.0. The molecule has 1 amide bonds. The number of thiophene rings is 1. The normalized spacial score (nSPS) is 11.5. The van der Waals surface area contributed by atoms with Crippen LogP contribution in [0.5, 0.6) is 0 Å². The first-order valence-electron chi connectivity index (χ1n) is 10.1. The van der Waals surface area contributed by atoms with E-state index in [9.17, 15) is 4.79 Å². The highest BCUT2D eigenvalue weighted by Crippen LogP contribution is 2.37. The first-order valence-corrected chi connectivity index (χ1v) is 11.7. The highest BCUT2D eigenvalue weighted by atomic mass is 35.5. The molecule has 0 aliphatic heterocycles. The van der Waals surface area contributed by atoms with Gasteiger partial charge in [-0.1, -0.05) is 59.6 Å². The summed E-state index contributed by atoms with van der Waals surface area (Å²) in [5.74, 6) is 0.249. The molecule has 0 saturated carbocycles. The molecule has 0 unspecified atom stereocenters. The summed E-state index contributed by atoms with van der Waals surface area (Å²) in [7, 11) is 0. The maximum Gasteiger partial charge on any atom is 0.267 e. The van der Waals surface area contributed by atoms with Crippen LogP contribution in [0.1, 0.15) is 9.67 Å². The Morgan fingerprint density at radius 3 is 2.64 bits per heavy atom. The van der Waals surface area contributed by atoms with E-state index in [2.05, 4.69) is 28.5 Å². The zero-order chi connectivity index (χ0) is 22.5. The minimum Gasteiger partial charge on any atom is -0.436 e. The van der Waals surface area contributed by atoms with Crippen LogP contribution >= 0.6 is 34.5 Å². The third kappa shape index (κ3) is 3.64. The molecule has 0 bridgehead atoms. The third-order valence-electron chi connectivity index (χ3n) is 5.44. The number of fused-ring (bicyclic) bond motifs is 3. The van der Waals surface area contributed by atoms with Gasteiger partial charge >= 0.3 is 0 Å². The Morgan fingerprint density at radius 1 is 0.909 bits per heavy atom. The van der Waals surface area contributed by atoms with Crippen molar-refractivity contribution in [3.05, 3.63) is 93.8 Å². The molecule has 0 saturated heterocycles. The molecule has 2 aromatic heterocycles. The number of aromatic nitrogens is 1. The van der Waals surface area contributed by atoms with Crippen LogP contribution in [0.25, 0.3) is 43.4 Å². The number of oxazole rings is 1. The number of amides is 1. The van der Waals surface area contributed by atoms with E-state index in [4.69, 9.17) is 27.6 Å². The number of benzene rings is 4. The standard InChI is InChI=1S/C26H14Cl2N2O2S/c27-17-7-9-19-22(12-17)33-24(23(19)28)25(31)29-18-8-10-21-20(13-18)30-26(32-21)16-6-5-14-3-1-2-4-15(14)11-16/h1-13H,(H,29,31). The second-order valence-corrected chi connectivity index (χ2v) is 9.47. The quantitative estimate of drug-likeness (QED) is 0.272. The Labute approximate surface area is 202 Å². The maximum absolute atomic E-state index is 12.9. The summed E-state index contributed by atoms with van der Waals surface area (Å²) in [5.41, 5.74) is 2.81. The molecular formula is C26H14Cl2N2O2S. The zero-order valence-electron chi connectivity index (χ0n) is 16.9. The highest BCUT2D eigenvalue weighted by molar-refractivity contribution is 7.21. The van der Waals surface area contributed by atoms with Gasteiger partial charge in [0.15, 0.2) is 5.58 Å². The van der Waals surface area contributed by atoms with Crippen LogP contribution < -0.4 is 5.32 Å². The Kier molecular flexibility index (Phi) is 4.84. The van der Waals surface area contributed by atoms with Crippen molar-refractivity contribution < 1.29 is 9.21 Å². The average Bonchev–Trinajstić information content (AvgIpc) is 3.39. The molecule has 0 spiro atoms. The third-order valence-corrected chi connectivity index (χ3v) is 7.33. The Morgan fingerprint density at radius 2 is 1.76 bits per heavy atom. The number of anilines is 1. The highest BCUT2D eigenvalue weighted by Gasteiger charge is 2.18. The van der Waals surface area contributed by atoms with E-state index in [1.54, 1.807) is 30.3 Å². The molecule has 0 radical (unpaired) electrons. The van der Waals surface area contributed by atoms with Crippen LogP contribution in [-0.2, 0) is 0 Å². The number of carbonyl (C=O) groups is 1. The molecule has 0 atom stereocenters. The number of rotatable bonds is 3. The van der Waals surface area contributed by atoms with E-state index >= 15 is 0 Å². The number of halogens is 2. The van der Waals surface area contributed by atoms with Gasteiger partial charge in [-0.3, -0.25) is 4.79 Å². The molecule has 1 N–H and O–H groups in total. The maximum atomic E-state index is 12.9. The van der Waals surface area contributed by atoms with Crippen LogP contribution in [0.4, 0.5) is 5.69 Å². The lowest BCUT2D eigenvalue weighted by Crippen LogP contribution is -2.10. The van der Waals surface area contributed by atoms with Crippen LogP contribution in [-0.4, -0.2) is 10.9 Å². The number of hydrogen-bond donors (Lipinski definition) is 1. The molecule has 0 aliphatic rings. The van der Waals surface area contributed by atoms with Crippen molar-refractivity contribution in [2.24, 2.45) is 0 Å². The second-order valence-electron chi connectivity index (χ2n) is 7.60. The SMILES string of the molecule is O=C(Nc1ccc2oc(-c3ccc4ccccc4c3)nc2c1)c1sc2cc(Cl)ccc2c1Cl. The second kappa shape index (κ2) is 7.89. The molecule has 2 heterocycles. The van der Waals surface area contributed by atoms with Crippen molar-refractivity contribution in [2.75, 3.05) is 5.32 Å².